The lowest BCUT2D eigenvalue weighted by molar-refractivity contribution is -0.159. The highest BCUT2D eigenvalue weighted by molar-refractivity contribution is 7.84. The molecule has 1 heterocycles. The van der Waals surface area contributed by atoms with Crippen LogP contribution in [-0.2, 0) is 22.7 Å². The molecule has 0 radical (unpaired) electrons. The summed E-state index contributed by atoms with van der Waals surface area (Å²) in [6, 6.07) is 6.55. The number of aromatic nitrogens is 2. The molecule has 2 rings (SSSR count). The summed E-state index contributed by atoms with van der Waals surface area (Å²) in [6.45, 7) is 3.73. The van der Waals surface area contributed by atoms with Gasteiger partial charge in [-0.1, -0.05) is 43.3 Å². The second-order valence-corrected chi connectivity index (χ2v) is 6.68. The highest BCUT2D eigenvalue weighted by Crippen LogP contribution is 2.29. The number of halogens is 3. The molecule has 114 valence electrons. The van der Waals surface area contributed by atoms with Crippen LogP contribution in [0.4, 0.5) is 13.2 Å². The van der Waals surface area contributed by atoms with Crippen molar-refractivity contribution in [2.24, 2.45) is 0 Å². The molecule has 1 aromatic carbocycles. The minimum atomic E-state index is -4.65. The van der Waals surface area contributed by atoms with Gasteiger partial charge in [-0.3, -0.25) is 4.21 Å². The number of hydrogen-bond acceptors (Lipinski definition) is 4. The average Bonchev–Trinajstić information content (AvgIpc) is 2.89. The van der Waals surface area contributed by atoms with Gasteiger partial charge >= 0.3 is 12.1 Å². The first kappa shape index (κ1) is 15.7. The highest BCUT2D eigenvalue weighted by Gasteiger charge is 2.38. The molecule has 0 amide bonds. The van der Waals surface area contributed by atoms with E-state index in [1.54, 1.807) is 24.3 Å². The zero-order valence-corrected chi connectivity index (χ0v) is 12.2. The molecule has 1 aromatic heterocycles. The monoisotopic (exact) mass is 318 g/mol. The molecule has 0 bridgehead atoms. The van der Waals surface area contributed by atoms with Crippen LogP contribution in [0.5, 0.6) is 0 Å². The first-order chi connectivity index (χ1) is 9.77. The predicted octanol–water partition coefficient (Wildman–Crippen LogP) is 3.41. The van der Waals surface area contributed by atoms with Gasteiger partial charge in [0, 0.05) is 27.4 Å². The maximum absolute atomic E-state index is 12.4. The molecular weight excluding hydrogens is 305 g/mol. The van der Waals surface area contributed by atoms with E-state index in [0.29, 0.717) is 11.3 Å². The predicted molar refractivity (Wildman–Crippen MR) is 71.7 cm³/mol. The Hall–Kier alpha value is -1.70. The van der Waals surface area contributed by atoms with Crippen LogP contribution in [0.2, 0.25) is 0 Å². The maximum atomic E-state index is 12.4. The molecule has 4 nitrogen and oxygen atoms in total. The molecule has 0 saturated carbocycles. The number of alkyl halides is 3. The van der Waals surface area contributed by atoms with Crippen molar-refractivity contribution in [1.29, 1.82) is 0 Å². The second kappa shape index (κ2) is 5.97. The third-order valence-corrected chi connectivity index (χ3v) is 4.38. The van der Waals surface area contributed by atoms with Crippen molar-refractivity contribution in [2.75, 3.05) is 0 Å². The first-order valence-electron chi connectivity index (χ1n) is 6.15. The Balaban J connectivity index is 2.16. The van der Waals surface area contributed by atoms with Gasteiger partial charge in [0.15, 0.2) is 0 Å². The normalized spacial score (nSPS) is 13.6. The Bertz CT molecular complexity index is 636. The van der Waals surface area contributed by atoms with E-state index in [4.69, 9.17) is 0 Å². The zero-order chi connectivity index (χ0) is 15.6. The van der Waals surface area contributed by atoms with E-state index in [0.717, 1.165) is 5.56 Å². The van der Waals surface area contributed by atoms with Gasteiger partial charge < -0.3 is 4.52 Å². The topological polar surface area (TPSA) is 56.0 Å². The molecule has 0 fully saturated rings. The fourth-order valence-electron chi connectivity index (χ4n) is 1.54. The van der Waals surface area contributed by atoms with Gasteiger partial charge in [0.25, 0.3) is 0 Å². The van der Waals surface area contributed by atoms with Gasteiger partial charge in [0.05, 0.1) is 0 Å². The van der Waals surface area contributed by atoms with Crippen LogP contribution in [0.3, 0.4) is 0 Å². The molecule has 0 saturated heterocycles. The van der Waals surface area contributed by atoms with E-state index in [1.807, 2.05) is 13.8 Å². The first-order valence-corrected chi connectivity index (χ1v) is 7.53. The Morgan fingerprint density at radius 1 is 1.24 bits per heavy atom. The Morgan fingerprint density at radius 3 is 2.33 bits per heavy atom. The molecule has 1 atom stereocenters. The summed E-state index contributed by atoms with van der Waals surface area (Å²) in [5, 5.41) is 3.36. The van der Waals surface area contributed by atoms with Crippen molar-refractivity contribution in [3.8, 4) is 11.4 Å². The standard InChI is InChI=1S/C13H13F3N2O2S/c1-8(2)21(19)7-9-3-5-10(6-4-9)11-17-12(20-18-11)13(14,15)16/h3-6,8H,7H2,1-2H3. The Labute approximate surface area is 121 Å². The molecular formula is C13H13F3N2O2S. The summed E-state index contributed by atoms with van der Waals surface area (Å²) in [6.07, 6.45) is -4.65. The van der Waals surface area contributed by atoms with Crippen LogP contribution >= 0.6 is 0 Å². The maximum Gasteiger partial charge on any atom is 0.471 e. The molecule has 0 N–H and O–H groups in total. The summed E-state index contributed by atoms with van der Waals surface area (Å²) in [5.41, 5.74) is 1.25. The van der Waals surface area contributed by atoms with Gasteiger partial charge in [0.1, 0.15) is 0 Å². The molecule has 8 heteroatoms. The van der Waals surface area contributed by atoms with Crippen LogP contribution in [0.15, 0.2) is 28.8 Å². The molecule has 2 aromatic rings. The van der Waals surface area contributed by atoms with E-state index in [-0.39, 0.29) is 11.1 Å². The van der Waals surface area contributed by atoms with Gasteiger partial charge in [-0.05, 0) is 5.56 Å². The van der Waals surface area contributed by atoms with Crippen molar-refractivity contribution in [3.05, 3.63) is 35.7 Å². The molecule has 0 aliphatic heterocycles. The molecule has 1 unspecified atom stereocenters. The lowest BCUT2D eigenvalue weighted by Gasteiger charge is -2.05. The fraction of sp³-hybridized carbons (Fsp3) is 0.385. The fourth-order valence-corrected chi connectivity index (χ4v) is 2.39. The van der Waals surface area contributed by atoms with E-state index in [1.165, 1.54) is 0 Å². The van der Waals surface area contributed by atoms with Crippen molar-refractivity contribution in [1.82, 2.24) is 10.1 Å². The lowest BCUT2D eigenvalue weighted by atomic mass is 10.1. The molecule has 0 aliphatic carbocycles. The van der Waals surface area contributed by atoms with Crippen LogP contribution in [-0.4, -0.2) is 19.6 Å². The van der Waals surface area contributed by atoms with Crippen molar-refractivity contribution < 1.29 is 21.9 Å². The quantitative estimate of drug-likeness (QED) is 0.867. The van der Waals surface area contributed by atoms with Crippen LogP contribution in [0, 0.1) is 0 Å². The highest BCUT2D eigenvalue weighted by atomic mass is 32.2. The molecule has 21 heavy (non-hydrogen) atoms. The van der Waals surface area contributed by atoms with Crippen molar-refractivity contribution in [2.45, 2.75) is 31.0 Å². The van der Waals surface area contributed by atoms with Gasteiger partial charge in [-0.2, -0.15) is 18.2 Å². The Morgan fingerprint density at radius 2 is 1.86 bits per heavy atom. The molecule has 0 spiro atoms. The summed E-state index contributed by atoms with van der Waals surface area (Å²) in [4.78, 5) is 3.31. The number of benzene rings is 1. The number of nitrogens with zero attached hydrogens (tertiary/aromatic N) is 2. The summed E-state index contributed by atoms with van der Waals surface area (Å²) < 4.78 is 53.0. The summed E-state index contributed by atoms with van der Waals surface area (Å²) in [7, 11) is -0.980. The largest absolute Gasteiger partial charge is 0.471 e. The van der Waals surface area contributed by atoms with Crippen LogP contribution in [0.1, 0.15) is 25.3 Å². The SMILES string of the molecule is CC(C)S(=O)Cc1ccc(-c2noc(C(F)(F)F)n2)cc1. The van der Waals surface area contributed by atoms with Gasteiger partial charge in [-0.15, -0.1) is 0 Å². The minimum Gasteiger partial charge on any atom is -0.329 e. The third-order valence-electron chi connectivity index (χ3n) is 2.72. The van der Waals surface area contributed by atoms with Crippen LogP contribution in [0.25, 0.3) is 11.4 Å². The Kier molecular flexibility index (Phi) is 4.46. The average molecular weight is 318 g/mol. The summed E-state index contributed by atoms with van der Waals surface area (Å²) >= 11 is 0. The lowest BCUT2D eigenvalue weighted by Crippen LogP contribution is -2.07. The zero-order valence-electron chi connectivity index (χ0n) is 11.3. The van der Waals surface area contributed by atoms with Gasteiger partial charge in [-0.25, -0.2) is 0 Å². The number of hydrogen-bond donors (Lipinski definition) is 0. The van der Waals surface area contributed by atoms with Gasteiger partial charge in [0.2, 0.25) is 5.82 Å². The smallest absolute Gasteiger partial charge is 0.329 e. The number of rotatable bonds is 4. The van der Waals surface area contributed by atoms with E-state index >= 15 is 0 Å². The molecule has 0 aliphatic rings. The van der Waals surface area contributed by atoms with E-state index in [9.17, 15) is 17.4 Å². The summed E-state index contributed by atoms with van der Waals surface area (Å²) in [5.74, 6) is -1.10. The second-order valence-electron chi connectivity index (χ2n) is 4.69. The van der Waals surface area contributed by atoms with E-state index < -0.39 is 22.9 Å². The third kappa shape index (κ3) is 3.90. The van der Waals surface area contributed by atoms with E-state index in [2.05, 4.69) is 14.7 Å². The minimum absolute atomic E-state index is 0.0521. The van der Waals surface area contributed by atoms with Crippen molar-refractivity contribution in [3.63, 3.8) is 0 Å². The van der Waals surface area contributed by atoms with Crippen LogP contribution < -0.4 is 0 Å². The van der Waals surface area contributed by atoms with Crippen molar-refractivity contribution >= 4 is 10.8 Å².